The molecule has 0 saturated heterocycles. The number of para-hydroxylation sites is 1. The number of hydrazine groups is 1. The largest absolute Gasteiger partial charge is 0.493 e. The first-order chi connectivity index (χ1) is 15.5. The summed E-state index contributed by atoms with van der Waals surface area (Å²) in [4.78, 5) is 24.6. The molecule has 7 nitrogen and oxygen atoms in total. The molecule has 0 aliphatic heterocycles. The van der Waals surface area contributed by atoms with Crippen LogP contribution in [0.25, 0.3) is 10.8 Å². The second-order valence-electron chi connectivity index (χ2n) is 6.69. The fraction of sp³-hybridized carbons (Fsp3) is 0.174. The van der Waals surface area contributed by atoms with Crippen LogP contribution < -0.4 is 25.6 Å². The Bertz CT molecular complexity index is 1140. The van der Waals surface area contributed by atoms with Crippen LogP contribution in [0, 0.1) is 0 Å². The van der Waals surface area contributed by atoms with Crippen molar-refractivity contribution in [3.8, 4) is 11.5 Å². The highest BCUT2D eigenvalue weighted by Crippen LogP contribution is 2.32. The van der Waals surface area contributed by atoms with E-state index in [1.165, 1.54) is 0 Å². The number of ether oxygens (including phenoxy) is 2. The van der Waals surface area contributed by atoms with Crippen LogP contribution in [-0.4, -0.2) is 30.1 Å². The van der Waals surface area contributed by atoms with E-state index in [1.807, 2.05) is 37.3 Å². The van der Waals surface area contributed by atoms with Gasteiger partial charge in [-0.15, -0.1) is 0 Å². The summed E-state index contributed by atoms with van der Waals surface area (Å²) in [5, 5.41) is 4.49. The molecular formula is C23H22BrN3O4S. The average Bonchev–Trinajstić information content (AvgIpc) is 2.81. The van der Waals surface area contributed by atoms with Gasteiger partial charge >= 0.3 is 0 Å². The summed E-state index contributed by atoms with van der Waals surface area (Å²) in [7, 11) is 0. The van der Waals surface area contributed by atoms with Gasteiger partial charge in [-0.2, -0.15) is 0 Å². The zero-order valence-electron chi connectivity index (χ0n) is 17.3. The van der Waals surface area contributed by atoms with E-state index in [0.717, 1.165) is 21.7 Å². The van der Waals surface area contributed by atoms with E-state index in [9.17, 15) is 9.59 Å². The summed E-state index contributed by atoms with van der Waals surface area (Å²) in [6.45, 7) is 2.23. The van der Waals surface area contributed by atoms with Crippen LogP contribution >= 0.6 is 28.1 Å². The Morgan fingerprint density at radius 3 is 2.50 bits per heavy atom. The highest BCUT2D eigenvalue weighted by atomic mass is 79.9. The van der Waals surface area contributed by atoms with E-state index < -0.39 is 11.8 Å². The Kier molecular flexibility index (Phi) is 8.41. The molecule has 0 aliphatic carbocycles. The summed E-state index contributed by atoms with van der Waals surface area (Å²) in [5.74, 6) is 0.0968. The van der Waals surface area contributed by atoms with Crippen molar-refractivity contribution in [2.75, 3.05) is 13.2 Å². The van der Waals surface area contributed by atoms with Gasteiger partial charge < -0.3 is 9.47 Å². The van der Waals surface area contributed by atoms with Crippen molar-refractivity contribution in [1.82, 2.24) is 16.2 Å². The minimum absolute atomic E-state index is 0.0551. The quantitative estimate of drug-likeness (QED) is 0.324. The molecule has 0 atom stereocenters. The number of rotatable bonds is 7. The lowest BCUT2D eigenvalue weighted by atomic mass is 10.1. The molecule has 3 aromatic rings. The van der Waals surface area contributed by atoms with E-state index in [4.69, 9.17) is 21.7 Å². The molecule has 3 N–H and O–H groups in total. The number of thiocarbonyl (C=S) groups is 1. The molecular weight excluding hydrogens is 494 g/mol. The van der Waals surface area contributed by atoms with E-state index in [2.05, 4.69) is 32.1 Å². The van der Waals surface area contributed by atoms with E-state index in [1.54, 1.807) is 30.3 Å². The summed E-state index contributed by atoms with van der Waals surface area (Å²) in [6.07, 6.45) is 0.819. The average molecular weight is 516 g/mol. The molecule has 32 heavy (non-hydrogen) atoms. The van der Waals surface area contributed by atoms with Gasteiger partial charge in [-0.3, -0.25) is 25.8 Å². The molecule has 0 fully saturated rings. The van der Waals surface area contributed by atoms with Gasteiger partial charge in [-0.05, 0) is 63.5 Å². The summed E-state index contributed by atoms with van der Waals surface area (Å²) < 4.78 is 11.9. The van der Waals surface area contributed by atoms with E-state index in [0.29, 0.717) is 23.7 Å². The van der Waals surface area contributed by atoms with Gasteiger partial charge in [0.1, 0.15) is 11.5 Å². The number of nitrogens with one attached hydrogen (secondary N) is 3. The minimum atomic E-state index is -0.465. The van der Waals surface area contributed by atoms with E-state index in [-0.39, 0.29) is 11.7 Å². The zero-order valence-corrected chi connectivity index (χ0v) is 19.7. The first-order valence-corrected chi connectivity index (χ1v) is 11.1. The highest BCUT2D eigenvalue weighted by Gasteiger charge is 2.14. The van der Waals surface area contributed by atoms with Crippen molar-refractivity contribution in [2.24, 2.45) is 0 Å². The Labute approximate surface area is 199 Å². The van der Waals surface area contributed by atoms with Crippen molar-refractivity contribution in [3.05, 3.63) is 70.7 Å². The lowest BCUT2D eigenvalue weighted by Gasteiger charge is -2.14. The highest BCUT2D eigenvalue weighted by molar-refractivity contribution is 9.10. The normalized spacial score (nSPS) is 10.3. The van der Waals surface area contributed by atoms with Crippen molar-refractivity contribution in [2.45, 2.75) is 13.3 Å². The van der Waals surface area contributed by atoms with Crippen LogP contribution in [0.1, 0.15) is 23.7 Å². The fourth-order valence-corrected chi connectivity index (χ4v) is 3.58. The summed E-state index contributed by atoms with van der Waals surface area (Å²) in [5.41, 5.74) is 5.24. The Morgan fingerprint density at radius 2 is 1.69 bits per heavy atom. The first kappa shape index (κ1) is 23.5. The Balaban J connectivity index is 1.49. The van der Waals surface area contributed by atoms with Gasteiger partial charge in [-0.1, -0.05) is 49.4 Å². The van der Waals surface area contributed by atoms with Gasteiger partial charge in [0.05, 0.1) is 16.6 Å². The molecule has 0 spiro atoms. The maximum atomic E-state index is 12.5. The summed E-state index contributed by atoms with van der Waals surface area (Å²) in [6, 6.07) is 18.4. The third-order valence-electron chi connectivity index (χ3n) is 4.32. The standard InChI is InChI=1S/C23H22BrN3O4S/c1-2-13-30-18-10-6-5-9-17(18)22(29)25-23(32)27-26-20(28)14-31-19-12-11-15-7-3-4-8-16(15)21(19)24/h3-12H,2,13-14H2,1H3,(H,26,28)(H2,25,27,29,32). The number of halogens is 1. The van der Waals surface area contributed by atoms with Gasteiger partial charge in [0.25, 0.3) is 11.8 Å². The van der Waals surface area contributed by atoms with Crippen LogP contribution in [0.2, 0.25) is 0 Å². The number of benzene rings is 3. The molecule has 166 valence electrons. The number of amides is 2. The number of hydrogen-bond acceptors (Lipinski definition) is 5. The molecule has 0 radical (unpaired) electrons. The third kappa shape index (κ3) is 6.18. The lowest BCUT2D eigenvalue weighted by molar-refractivity contribution is -0.123. The lowest BCUT2D eigenvalue weighted by Crippen LogP contribution is -2.49. The molecule has 2 amide bonds. The van der Waals surface area contributed by atoms with Gasteiger partial charge in [0, 0.05) is 0 Å². The maximum Gasteiger partial charge on any atom is 0.276 e. The van der Waals surface area contributed by atoms with Gasteiger partial charge in [-0.25, -0.2) is 0 Å². The molecule has 9 heteroatoms. The minimum Gasteiger partial charge on any atom is -0.493 e. The second-order valence-corrected chi connectivity index (χ2v) is 7.89. The van der Waals surface area contributed by atoms with Crippen molar-refractivity contribution >= 4 is 55.8 Å². The van der Waals surface area contributed by atoms with Gasteiger partial charge in [0.15, 0.2) is 11.7 Å². The molecule has 0 aliphatic rings. The number of carbonyl (C=O) groups excluding carboxylic acids is 2. The van der Waals surface area contributed by atoms with Crippen LogP contribution in [-0.2, 0) is 4.79 Å². The molecule has 0 saturated carbocycles. The monoisotopic (exact) mass is 515 g/mol. The smallest absolute Gasteiger partial charge is 0.276 e. The van der Waals surface area contributed by atoms with Crippen molar-refractivity contribution in [1.29, 1.82) is 0 Å². The van der Waals surface area contributed by atoms with Crippen molar-refractivity contribution < 1.29 is 19.1 Å². The molecule has 3 aromatic carbocycles. The topological polar surface area (TPSA) is 88.7 Å². The predicted molar refractivity (Wildman–Crippen MR) is 131 cm³/mol. The van der Waals surface area contributed by atoms with E-state index >= 15 is 0 Å². The Morgan fingerprint density at radius 1 is 0.938 bits per heavy atom. The molecule has 0 bridgehead atoms. The van der Waals surface area contributed by atoms with Crippen LogP contribution in [0.3, 0.4) is 0 Å². The Hall–Kier alpha value is -3.17. The first-order valence-electron chi connectivity index (χ1n) is 9.91. The molecule has 0 heterocycles. The van der Waals surface area contributed by atoms with Crippen molar-refractivity contribution in [3.63, 3.8) is 0 Å². The summed E-state index contributed by atoms with van der Waals surface area (Å²) >= 11 is 8.60. The maximum absolute atomic E-state index is 12.5. The zero-order chi connectivity index (χ0) is 22.9. The molecule has 3 rings (SSSR count). The number of fused-ring (bicyclic) bond motifs is 1. The number of hydrogen-bond donors (Lipinski definition) is 3. The van der Waals surface area contributed by atoms with Crippen LogP contribution in [0.15, 0.2) is 65.1 Å². The predicted octanol–water partition coefficient (Wildman–Crippen LogP) is 4.11. The SMILES string of the molecule is CCCOc1ccccc1C(=O)NC(=S)NNC(=O)COc1ccc2ccccc2c1Br. The second kappa shape index (κ2) is 11.4. The molecule has 0 aromatic heterocycles. The van der Waals surface area contributed by atoms with Crippen LogP contribution in [0.4, 0.5) is 0 Å². The van der Waals surface area contributed by atoms with Gasteiger partial charge in [0.2, 0.25) is 0 Å². The number of carbonyl (C=O) groups is 2. The molecule has 0 unspecified atom stereocenters. The van der Waals surface area contributed by atoms with Crippen LogP contribution in [0.5, 0.6) is 11.5 Å². The fourth-order valence-electron chi connectivity index (χ4n) is 2.82. The third-order valence-corrected chi connectivity index (χ3v) is 5.34.